The Hall–Kier alpha value is -2.32. The lowest BCUT2D eigenvalue weighted by Crippen LogP contribution is -3.09. The summed E-state index contributed by atoms with van der Waals surface area (Å²) in [6, 6.07) is 9.02. The van der Waals surface area contributed by atoms with E-state index < -0.39 is 0 Å². The number of anilines is 1. The molecule has 0 saturated carbocycles. The lowest BCUT2D eigenvalue weighted by molar-refractivity contribution is -0.871. The number of nitrogens with one attached hydrogen (secondary N) is 1. The van der Waals surface area contributed by atoms with Crippen LogP contribution in [0.25, 0.3) is 6.08 Å². The predicted molar refractivity (Wildman–Crippen MR) is 102 cm³/mol. The minimum atomic E-state index is 0.487. The summed E-state index contributed by atoms with van der Waals surface area (Å²) in [4.78, 5) is 3.53. The van der Waals surface area contributed by atoms with Crippen LogP contribution in [0.1, 0.15) is 5.56 Å². The molecule has 120 valence electrons. The highest BCUT2D eigenvalue weighted by atomic mass is 15.1. The number of benzene rings is 1. The summed E-state index contributed by atoms with van der Waals surface area (Å²) in [7, 11) is 8.45. The van der Waals surface area contributed by atoms with Crippen molar-refractivity contribution in [1.82, 2.24) is 0 Å². The van der Waals surface area contributed by atoms with Gasteiger partial charge in [-0.3, -0.25) is 0 Å². The number of quaternary nitrogens is 1. The number of nitrogens with zero attached hydrogens (tertiary/aromatic N) is 1. The van der Waals surface area contributed by atoms with E-state index in [0.29, 0.717) is 6.04 Å². The topological polar surface area (TPSA) is 7.68 Å². The van der Waals surface area contributed by atoms with Gasteiger partial charge in [0, 0.05) is 19.8 Å². The summed E-state index contributed by atoms with van der Waals surface area (Å²) >= 11 is 0. The zero-order valence-electron chi connectivity index (χ0n) is 14.5. The summed E-state index contributed by atoms with van der Waals surface area (Å²) in [5, 5.41) is 0. The first-order valence-corrected chi connectivity index (χ1v) is 8.05. The molecule has 0 heterocycles. The Bertz CT molecular complexity index is 625. The van der Waals surface area contributed by atoms with Crippen LogP contribution >= 0.6 is 0 Å². The van der Waals surface area contributed by atoms with Crippen LogP contribution in [0.2, 0.25) is 0 Å². The summed E-state index contributed by atoms with van der Waals surface area (Å²) in [5.74, 6) is 0. The van der Waals surface area contributed by atoms with Gasteiger partial charge >= 0.3 is 0 Å². The van der Waals surface area contributed by atoms with Gasteiger partial charge in [-0.2, -0.15) is 0 Å². The fourth-order valence-electron chi connectivity index (χ4n) is 2.33. The van der Waals surface area contributed by atoms with Crippen LogP contribution in [0.5, 0.6) is 0 Å². The highest BCUT2D eigenvalue weighted by Crippen LogP contribution is 2.13. The molecule has 1 N–H and O–H groups in total. The summed E-state index contributed by atoms with van der Waals surface area (Å²) < 4.78 is 0. The van der Waals surface area contributed by atoms with Crippen LogP contribution < -0.4 is 9.80 Å². The lowest BCUT2D eigenvalue weighted by Gasteiger charge is -2.16. The number of rotatable bonds is 5. The number of likely N-dealkylation sites (N-methyl/N-ethyl adjacent to an activating group) is 1. The SMILES string of the molecule is CN(C)c1ccc(/C=C/C=C/C=C2C=CC([NH+](C)C)C=C2)cc1. The molecule has 0 amide bonds. The van der Waals surface area contributed by atoms with Gasteiger partial charge in [0.2, 0.25) is 0 Å². The highest BCUT2D eigenvalue weighted by Gasteiger charge is 2.08. The van der Waals surface area contributed by atoms with Gasteiger partial charge in [0.25, 0.3) is 0 Å². The van der Waals surface area contributed by atoms with E-state index in [0.717, 1.165) is 0 Å². The average molecular weight is 307 g/mol. The fourth-order valence-corrected chi connectivity index (χ4v) is 2.33. The zero-order chi connectivity index (χ0) is 16.7. The maximum absolute atomic E-state index is 2.25. The van der Waals surface area contributed by atoms with Crippen molar-refractivity contribution in [2.75, 3.05) is 33.1 Å². The van der Waals surface area contributed by atoms with Crippen molar-refractivity contribution in [2.45, 2.75) is 6.04 Å². The van der Waals surface area contributed by atoms with Crippen LogP contribution in [-0.4, -0.2) is 34.2 Å². The first-order chi connectivity index (χ1) is 11.1. The minimum absolute atomic E-state index is 0.487. The van der Waals surface area contributed by atoms with Gasteiger partial charge in [-0.05, 0) is 35.4 Å². The van der Waals surface area contributed by atoms with E-state index in [1.165, 1.54) is 21.7 Å². The smallest absolute Gasteiger partial charge is 0.125 e. The Kier molecular flexibility index (Phi) is 6.19. The second kappa shape index (κ2) is 8.35. The summed E-state index contributed by atoms with van der Waals surface area (Å²) in [6.07, 6.45) is 19.3. The molecule has 1 aromatic carbocycles. The number of hydrogen-bond donors (Lipinski definition) is 1. The quantitative estimate of drug-likeness (QED) is 0.822. The Morgan fingerprint density at radius 1 is 0.913 bits per heavy atom. The van der Waals surface area contributed by atoms with Gasteiger partial charge in [-0.1, -0.05) is 54.7 Å². The van der Waals surface area contributed by atoms with Crippen LogP contribution in [0, 0.1) is 0 Å². The van der Waals surface area contributed by atoms with Crippen LogP contribution in [0.3, 0.4) is 0 Å². The van der Waals surface area contributed by atoms with Crippen molar-refractivity contribution < 1.29 is 4.90 Å². The van der Waals surface area contributed by atoms with Crippen molar-refractivity contribution in [2.24, 2.45) is 0 Å². The normalized spacial score (nSPS) is 17.6. The molecule has 1 aromatic rings. The van der Waals surface area contributed by atoms with Crippen LogP contribution in [0.4, 0.5) is 5.69 Å². The number of hydrogen-bond acceptors (Lipinski definition) is 1. The monoisotopic (exact) mass is 307 g/mol. The molecule has 2 nitrogen and oxygen atoms in total. The van der Waals surface area contributed by atoms with Crippen molar-refractivity contribution in [1.29, 1.82) is 0 Å². The molecule has 0 aromatic heterocycles. The molecule has 1 aliphatic carbocycles. The van der Waals surface area contributed by atoms with Gasteiger partial charge in [-0.15, -0.1) is 0 Å². The second-order valence-electron chi connectivity index (χ2n) is 6.22. The molecule has 0 saturated heterocycles. The van der Waals surface area contributed by atoms with E-state index in [2.05, 4.69) is 112 Å². The molecule has 2 rings (SSSR count). The van der Waals surface area contributed by atoms with E-state index in [1.807, 2.05) is 0 Å². The third-order valence-corrected chi connectivity index (χ3v) is 3.87. The van der Waals surface area contributed by atoms with E-state index in [4.69, 9.17) is 0 Å². The summed E-state index contributed by atoms with van der Waals surface area (Å²) in [6.45, 7) is 0. The van der Waals surface area contributed by atoms with Crippen LogP contribution in [-0.2, 0) is 0 Å². The first-order valence-electron chi connectivity index (χ1n) is 8.05. The zero-order valence-corrected chi connectivity index (χ0v) is 14.5. The molecular weight excluding hydrogens is 280 g/mol. The van der Waals surface area contributed by atoms with E-state index in [-0.39, 0.29) is 0 Å². The van der Waals surface area contributed by atoms with E-state index in [9.17, 15) is 0 Å². The Morgan fingerprint density at radius 2 is 1.57 bits per heavy atom. The molecule has 0 aliphatic heterocycles. The van der Waals surface area contributed by atoms with Gasteiger partial charge < -0.3 is 9.80 Å². The number of allylic oxidation sites excluding steroid dienone is 7. The fraction of sp³-hybridized carbons (Fsp3) is 0.238. The average Bonchev–Trinajstić information content (AvgIpc) is 2.55. The Labute approximate surface area is 140 Å². The standard InChI is InChI=1S/C21H26N2/c1-22(2)20-14-10-18(11-15-20)8-6-5-7-9-19-12-16-21(17-13-19)23(3)4/h5-17,20H,1-4H3/p+1/b6-5+,9-7+,18-8?. The maximum Gasteiger partial charge on any atom is 0.125 e. The molecule has 1 aliphatic rings. The maximum atomic E-state index is 2.25. The van der Waals surface area contributed by atoms with Crippen molar-refractivity contribution in [3.8, 4) is 0 Å². The van der Waals surface area contributed by atoms with Gasteiger partial charge in [0.05, 0.1) is 14.1 Å². The van der Waals surface area contributed by atoms with Crippen molar-refractivity contribution >= 4 is 11.8 Å². The molecule has 0 unspecified atom stereocenters. The Morgan fingerprint density at radius 3 is 2.13 bits per heavy atom. The molecule has 2 heteroatoms. The van der Waals surface area contributed by atoms with E-state index >= 15 is 0 Å². The Balaban J connectivity index is 1.88. The van der Waals surface area contributed by atoms with Gasteiger partial charge in [-0.25, -0.2) is 0 Å². The predicted octanol–water partition coefficient (Wildman–Crippen LogP) is 2.89. The van der Waals surface area contributed by atoms with Gasteiger partial charge in [0.1, 0.15) is 6.04 Å². The molecule has 0 atom stereocenters. The van der Waals surface area contributed by atoms with Crippen LogP contribution in [0.15, 0.2) is 78.4 Å². The minimum Gasteiger partial charge on any atom is -0.378 e. The van der Waals surface area contributed by atoms with Crippen molar-refractivity contribution in [3.05, 3.63) is 84.0 Å². The second-order valence-corrected chi connectivity index (χ2v) is 6.22. The third-order valence-electron chi connectivity index (χ3n) is 3.87. The first kappa shape index (κ1) is 17.0. The van der Waals surface area contributed by atoms with Gasteiger partial charge in [0.15, 0.2) is 0 Å². The highest BCUT2D eigenvalue weighted by molar-refractivity contribution is 5.56. The largest absolute Gasteiger partial charge is 0.378 e. The molecule has 0 radical (unpaired) electrons. The molecular formula is C21H27N2+. The third kappa shape index (κ3) is 5.42. The lowest BCUT2D eigenvalue weighted by atomic mass is 10.1. The molecule has 0 bridgehead atoms. The molecule has 0 spiro atoms. The van der Waals surface area contributed by atoms with Crippen molar-refractivity contribution in [3.63, 3.8) is 0 Å². The summed E-state index contributed by atoms with van der Waals surface area (Å²) in [5.41, 5.74) is 3.67. The van der Waals surface area contributed by atoms with E-state index in [1.54, 1.807) is 0 Å². The molecule has 0 fully saturated rings. The molecule has 23 heavy (non-hydrogen) atoms.